The molecule has 0 spiro atoms. The van der Waals surface area contributed by atoms with E-state index in [0.717, 1.165) is 22.6 Å². The highest BCUT2D eigenvalue weighted by Gasteiger charge is 2.10. The molecule has 0 fully saturated rings. The molecule has 27 heavy (non-hydrogen) atoms. The highest BCUT2D eigenvalue weighted by Crippen LogP contribution is 2.19. The van der Waals surface area contributed by atoms with Crippen LogP contribution in [0.1, 0.15) is 29.6 Å². The molecular formula is C20H17N3O2S2. The SMILES string of the molecule is CCCOc1ccccc1/C=c1/sc2nc(/C=C/c3cccs3)nn2c1=O. The Morgan fingerprint density at radius 2 is 2.07 bits per heavy atom. The van der Waals surface area contributed by atoms with Gasteiger partial charge >= 0.3 is 0 Å². The zero-order chi connectivity index (χ0) is 18.6. The Morgan fingerprint density at radius 3 is 2.85 bits per heavy atom. The van der Waals surface area contributed by atoms with Crippen LogP contribution in [0.3, 0.4) is 0 Å². The molecule has 3 heterocycles. The van der Waals surface area contributed by atoms with Crippen molar-refractivity contribution in [3.63, 3.8) is 0 Å². The number of rotatable bonds is 6. The van der Waals surface area contributed by atoms with Gasteiger partial charge < -0.3 is 4.74 Å². The van der Waals surface area contributed by atoms with Crippen LogP contribution in [0.4, 0.5) is 0 Å². The number of thiazole rings is 1. The van der Waals surface area contributed by atoms with Gasteiger partial charge in [-0.2, -0.15) is 9.50 Å². The third-order valence-corrected chi connectivity index (χ3v) is 5.60. The van der Waals surface area contributed by atoms with Gasteiger partial charge in [0.15, 0.2) is 5.82 Å². The van der Waals surface area contributed by atoms with E-state index in [1.165, 1.54) is 15.9 Å². The molecule has 136 valence electrons. The van der Waals surface area contributed by atoms with E-state index in [-0.39, 0.29) is 5.56 Å². The van der Waals surface area contributed by atoms with Gasteiger partial charge in [-0.3, -0.25) is 4.79 Å². The van der Waals surface area contributed by atoms with Gasteiger partial charge in [-0.1, -0.05) is 42.5 Å². The quantitative estimate of drug-likeness (QED) is 0.499. The first-order chi connectivity index (χ1) is 13.2. The summed E-state index contributed by atoms with van der Waals surface area (Å²) in [4.78, 5) is 18.8. The average Bonchev–Trinajstić information content (AvgIpc) is 3.39. The van der Waals surface area contributed by atoms with Crippen molar-refractivity contribution in [2.75, 3.05) is 6.61 Å². The van der Waals surface area contributed by atoms with Crippen LogP contribution in [0, 0.1) is 0 Å². The topological polar surface area (TPSA) is 56.5 Å². The molecule has 0 bridgehead atoms. The largest absolute Gasteiger partial charge is 0.493 e. The fraction of sp³-hybridized carbons (Fsp3) is 0.150. The number of aromatic nitrogens is 3. The molecule has 0 amide bonds. The molecule has 0 aliphatic carbocycles. The van der Waals surface area contributed by atoms with Crippen molar-refractivity contribution in [3.05, 3.63) is 72.9 Å². The summed E-state index contributed by atoms with van der Waals surface area (Å²) in [6.07, 6.45) is 6.54. The van der Waals surface area contributed by atoms with Crippen molar-refractivity contribution >= 4 is 45.9 Å². The van der Waals surface area contributed by atoms with Crippen LogP contribution in [-0.4, -0.2) is 21.2 Å². The standard InChI is InChI=1S/C20H17N3O2S2/c1-2-11-25-16-8-4-3-6-14(16)13-17-19(24)23-20(27-17)21-18(22-23)10-9-15-7-5-12-26-15/h3-10,12-13H,2,11H2,1H3/b10-9+,17-13+. The van der Waals surface area contributed by atoms with Crippen molar-refractivity contribution in [1.29, 1.82) is 0 Å². The lowest BCUT2D eigenvalue weighted by atomic mass is 10.2. The maximum absolute atomic E-state index is 12.7. The predicted octanol–water partition coefficient (Wildman–Crippen LogP) is 3.72. The van der Waals surface area contributed by atoms with Gasteiger partial charge in [0.1, 0.15) is 5.75 Å². The molecule has 7 heteroatoms. The monoisotopic (exact) mass is 395 g/mol. The van der Waals surface area contributed by atoms with E-state index in [9.17, 15) is 4.79 Å². The summed E-state index contributed by atoms with van der Waals surface area (Å²) in [5, 5.41) is 6.33. The highest BCUT2D eigenvalue weighted by atomic mass is 32.1. The second-order valence-electron chi connectivity index (χ2n) is 5.82. The maximum atomic E-state index is 12.7. The van der Waals surface area contributed by atoms with E-state index >= 15 is 0 Å². The lowest BCUT2D eigenvalue weighted by Crippen LogP contribution is -2.23. The third kappa shape index (κ3) is 3.84. The minimum absolute atomic E-state index is 0.163. The Labute approximate surface area is 163 Å². The van der Waals surface area contributed by atoms with E-state index in [1.54, 1.807) is 11.3 Å². The zero-order valence-electron chi connectivity index (χ0n) is 14.7. The average molecular weight is 396 g/mol. The molecule has 0 saturated carbocycles. The van der Waals surface area contributed by atoms with Crippen LogP contribution < -0.4 is 14.8 Å². The first kappa shape index (κ1) is 17.6. The second-order valence-corrected chi connectivity index (χ2v) is 7.80. The third-order valence-electron chi connectivity index (χ3n) is 3.81. The minimum atomic E-state index is -0.163. The van der Waals surface area contributed by atoms with Crippen LogP contribution >= 0.6 is 22.7 Å². The molecule has 0 radical (unpaired) electrons. The summed E-state index contributed by atoms with van der Waals surface area (Å²) in [7, 11) is 0. The van der Waals surface area contributed by atoms with Crippen LogP contribution in [-0.2, 0) is 0 Å². The lowest BCUT2D eigenvalue weighted by molar-refractivity contribution is 0.317. The Hall–Kier alpha value is -2.77. The van der Waals surface area contributed by atoms with Crippen molar-refractivity contribution in [2.24, 2.45) is 0 Å². The molecular weight excluding hydrogens is 378 g/mol. The molecule has 0 saturated heterocycles. The number of nitrogens with zero attached hydrogens (tertiary/aromatic N) is 3. The van der Waals surface area contributed by atoms with E-state index in [4.69, 9.17) is 4.74 Å². The molecule has 0 unspecified atom stereocenters. The fourth-order valence-corrected chi connectivity index (χ4v) is 4.07. The van der Waals surface area contributed by atoms with Crippen LogP contribution in [0.2, 0.25) is 0 Å². The molecule has 0 atom stereocenters. The summed E-state index contributed by atoms with van der Waals surface area (Å²) < 4.78 is 7.72. The van der Waals surface area contributed by atoms with Crippen molar-refractivity contribution in [1.82, 2.24) is 14.6 Å². The number of para-hydroxylation sites is 1. The first-order valence-corrected chi connectivity index (χ1v) is 10.3. The number of fused-ring (bicyclic) bond motifs is 1. The molecule has 5 nitrogen and oxygen atoms in total. The smallest absolute Gasteiger partial charge is 0.291 e. The van der Waals surface area contributed by atoms with Gasteiger partial charge in [-0.15, -0.1) is 16.4 Å². The molecule has 1 aromatic carbocycles. The first-order valence-electron chi connectivity index (χ1n) is 8.59. The normalized spacial score (nSPS) is 12.4. The maximum Gasteiger partial charge on any atom is 0.291 e. The highest BCUT2D eigenvalue weighted by molar-refractivity contribution is 7.15. The molecule has 0 aliphatic rings. The summed E-state index contributed by atoms with van der Waals surface area (Å²) >= 11 is 2.97. The van der Waals surface area contributed by atoms with Crippen molar-refractivity contribution in [2.45, 2.75) is 13.3 Å². The number of hydrogen-bond donors (Lipinski definition) is 0. The number of hydrogen-bond acceptors (Lipinski definition) is 6. The van der Waals surface area contributed by atoms with E-state index < -0.39 is 0 Å². The van der Waals surface area contributed by atoms with E-state index in [2.05, 4.69) is 17.0 Å². The van der Waals surface area contributed by atoms with Crippen LogP contribution in [0.15, 0.2) is 46.6 Å². The summed E-state index contributed by atoms with van der Waals surface area (Å²) in [5.41, 5.74) is 0.717. The van der Waals surface area contributed by atoms with Crippen LogP contribution in [0.25, 0.3) is 23.2 Å². The zero-order valence-corrected chi connectivity index (χ0v) is 16.3. The molecule has 0 N–H and O–H groups in total. The van der Waals surface area contributed by atoms with Crippen molar-refractivity contribution in [3.8, 4) is 5.75 Å². The fourth-order valence-electron chi connectivity index (χ4n) is 2.55. The number of thiophene rings is 1. The molecule has 0 aliphatic heterocycles. The minimum Gasteiger partial charge on any atom is -0.493 e. The summed E-state index contributed by atoms with van der Waals surface area (Å²) in [6, 6.07) is 11.7. The van der Waals surface area contributed by atoms with Gasteiger partial charge in [0, 0.05) is 10.4 Å². The van der Waals surface area contributed by atoms with Gasteiger partial charge in [0.25, 0.3) is 5.56 Å². The van der Waals surface area contributed by atoms with Crippen LogP contribution in [0.5, 0.6) is 5.75 Å². The molecule has 4 aromatic rings. The van der Waals surface area contributed by atoms with Gasteiger partial charge in [-0.25, -0.2) is 0 Å². The summed E-state index contributed by atoms with van der Waals surface area (Å²) in [5.74, 6) is 1.31. The van der Waals surface area contributed by atoms with Gasteiger partial charge in [0.2, 0.25) is 4.96 Å². The summed E-state index contributed by atoms with van der Waals surface area (Å²) in [6.45, 7) is 2.71. The Balaban J connectivity index is 1.68. The van der Waals surface area contributed by atoms with Gasteiger partial charge in [-0.05, 0) is 42.2 Å². The van der Waals surface area contributed by atoms with Gasteiger partial charge in [0.05, 0.1) is 11.1 Å². The number of ether oxygens (including phenoxy) is 1. The second kappa shape index (κ2) is 7.85. The van der Waals surface area contributed by atoms with E-state index in [1.807, 2.05) is 60.0 Å². The van der Waals surface area contributed by atoms with Crippen molar-refractivity contribution < 1.29 is 4.74 Å². The molecule has 3 aromatic heterocycles. The van der Waals surface area contributed by atoms with E-state index in [0.29, 0.717) is 21.9 Å². The molecule has 4 rings (SSSR count). The Morgan fingerprint density at radius 1 is 1.19 bits per heavy atom. The lowest BCUT2D eigenvalue weighted by Gasteiger charge is -2.07. The Kier molecular flexibility index (Phi) is 5.13. The Bertz CT molecular complexity index is 1190. The number of benzene rings is 1. The predicted molar refractivity (Wildman–Crippen MR) is 111 cm³/mol.